The molecule has 1 aliphatic heterocycles. The van der Waals surface area contributed by atoms with Gasteiger partial charge in [0.05, 0.1) is 25.0 Å². The van der Waals surface area contributed by atoms with Crippen molar-refractivity contribution in [1.82, 2.24) is 30.4 Å². The van der Waals surface area contributed by atoms with E-state index in [0.29, 0.717) is 5.75 Å². The van der Waals surface area contributed by atoms with E-state index in [0.717, 1.165) is 61.8 Å². The average molecular weight is 641 g/mol. The summed E-state index contributed by atoms with van der Waals surface area (Å²) in [5.41, 5.74) is 2.29. The number of nitrogens with one attached hydrogen (secondary N) is 2. The number of carbonyl (C=O) groups is 4. The van der Waals surface area contributed by atoms with Crippen LogP contribution in [0.1, 0.15) is 75.5 Å². The van der Waals surface area contributed by atoms with Crippen molar-refractivity contribution in [2.45, 2.75) is 95.0 Å². The Morgan fingerprint density at radius 3 is 2.49 bits per heavy atom. The van der Waals surface area contributed by atoms with Crippen LogP contribution in [0.4, 0.5) is 4.79 Å². The van der Waals surface area contributed by atoms with Gasteiger partial charge in [-0.15, -0.1) is 0 Å². The SMILES string of the molecule is C[C@@H](C(=O)N[C@H](C(=O)N1C[C@@H](Oc2cnc(Cl)nc2)C[C@H]1C(=O)N[C@@H]1CCCc2ccccc21)C1CCCCC1)N(C)C(=O)O. The number of likely N-dealkylation sites (tertiary alicyclic amines) is 1. The van der Waals surface area contributed by atoms with Gasteiger partial charge in [0.2, 0.25) is 23.0 Å². The first-order chi connectivity index (χ1) is 21.6. The Kier molecular flexibility index (Phi) is 10.4. The lowest BCUT2D eigenvalue weighted by atomic mass is 9.83. The van der Waals surface area contributed by atoms with Gasteiger partial charge < -0.3 is 25.4 Å². The zero-order chi connectivity index (χ0) is 32.1. The molecule has 2 fully saturated rings. The molecule has 12 nitrogen and oxygen atoms in total. The Balaban J connectivity index is 1.40. The minimum absolute atomic E-state index is 0.0735. The molecule has 2 aromatic rings. The van der Waals surface area contributed by atoms with Crippen molar-refractivity contribution in [2.24, 2.45) is 5.92 Å². The Hall–Kier alpha value is -3.93. The first kappa shape index (κ1) is 32.5. The summed E-state index contributed by atoms with van der Waals surface area (Å²) in [6.07, 6.45) is 8.39. The highest BCUT2D eigenvalue weighted by atomic mass is 35.5. The van der Waals surface area contributed by atoms with Crippen LogP contribution in [0.25, 0.3) is 0 Å². The smallest absolute Gasteiger partial charge is 0.407 e. The van der Waals surface area contributed by atoms with E-state index in [1.165, 1.54) is 36.8 Å². The monoisotopic (exact) mass is 640 g/mol. The molecule has 3 N–H and O–H groups in total. The molecule has 5 rings (SSSR count). The van der Waals surface area contributed by atoms with Crippen LogP contribution < -0.4 is 15.4 Å². The summed E-state index contributed by atoms with van der Waals surface area (Å²) in [6, 6.07) is 5.14. The molecule has 3 aliphatic rings. The zero-order valence-corrected chi connectivity index (χ0v) is 26.4. The number of fused-ring (bicyclic) bond motifs is 1. The quantitative estimate of drug-likeness (QED) is 0.350. The van der Waals surface area contributed by atoms with E-state index in [1.807, 2.05) is 18.2 Å². The molecule has 0 bridgehead atoms. The minimum Gasteiger partial charge on any atom is -0.485 e. The van der Waals surface area contributed by atoms with Gasteiger partial charge in [-0.1, -0.05) is 43.5 Å². The second-order valence-electron chi connectivity index (χ2n) is 12.3. The van der Waals surface area contributed by atoms with Gasteiger partial charge in [0.15, 0.2) is 5.75 Å². The maximum absolute atomic E-state index is 14.5. The van der Waals surface area contributed by atoms with Gasteiger partial charge in [-0.3, -0.25) is 19.3 Å². The van der Waals surface area contributed by atoms with E-state index >= 15 is 0 Å². The molecule has 1 saturated heterocycles. The standard InChI is InChI=1S/C32H41ClN6O6/c1-19(38(2)32(43)44)28(40)37-27(21-10-4-3-5-11-21)30(42)39-18-22(45-23-16-34-31(33)35-17-23)15-26(39)29(41)36-25-14-8-12-20-9-6-7-13-24(20)25/h6-7,9,13,16-17,19,21-22,25-27H,3-5,8,10-12,14-15,18H2,1-2H3,(H,36,41)(H,37,40)(H,43,44)/t19-,22-,25+,26-,27-/m0/s1. The van der Waals surface area contributed by atoms with Crippen LogP contribution in [-0.2, 0) is 20.8 Å². The van der Waals surface area contributed by atoms with Crippen LogP contribution in [-0.4, -0.2) is 86.5 Å². The number of carbonyl (C=O) groups excluding carboxylic acids is 3. The number of halogens is 1. The molecule has 0 spiro atoms. The number of hydrogen-bond donors (Lipinski definition) is 3. The molecule has 0 unspecified atom stereocenters. The highest BCUT2D eigenvalue weighted by molar-refractivity contribution is 6.28. The molecule has 1 saturated carbocycles. The summed E-state index contributed by atoms with van der Waals surface area (Å²) in [5.74, 6) is -0.994. The van der Waals surface area contributed by atoms with Gasteiger partial charge in [-0.05, 0) is 67.7 Å². The van der Waals surface area contributed by atoms with Crippen molar-refractivity contribution in [3.8, 4) is 5.75 Å². The first-order valence-electron chi connectivity index (χ1n) is 15.7. The molecule has 13 heteroatoms. The first-order valence-corrected chi connectivity index (χ1v) is 16.1. The number of likely N-dealkylation sites (N-methyl/N-ethyl adjacent to an activating group) is 1. The molecule has 2 aliphatic carbocycles. The molecule has 1 aromatic heterocycles. The largest absolute Gasteiger partial charge is 0.485 e. The van der Waals surface area contributed by atoms with Crippen molar-refractivity contribution in [1.29, 1.82) is 0 Å². The highest BCUT2D eigenvalue weighted by Crippen LogP contribution is 2.33. The van der Waals surface area contributed by atoms with Crippen molar-refractivity contribution in [3.05, 3.63) is 53.1 Å². The van der Waals surface area contributed by atoms with Crippen LogP contribution in [0.5, 0.6) is 5.75 Å². The number of nitrogens with zero attached hydrogens (tertiary/aromatic N) is 4. The van der Waals surface area contributed by atoms with Crippen LogP contribution in [0.3, 0.4) is 0 Å². The van der Waals surface area contributed by atoms with Crippen LogP contribution in [0, 0.1) is 5.92 Å². The topological polar surface area (TPSA) is 154 Å². The summed E-state index contributed by atoms with van der Waals surface area (Å²) >= 11 is 5.84. The van der Waals surface area contributed by atoms with Crippen molar-refractivity contribution >= 4 is 35.4 Å². The Morgan fingerprint density at radius 1 is 1.07 bits per heavy atom. The van der Waals surface area contributed by atoms with Crippen LogP contribution in [0.15, 0.2) is 36.7 Å². The average Bonchev–Trinajstić information content (AvgIpc) is 3.48. The molecule has 0 radical (unpaired) electrons. The van der Waals surface area contributed by atoms with Gasteiger partial charge in [-0.25, -0.2) is 14.8 Å². The Morgan fingerprint density at radius 2 is 1.78 bits per heavy atom. The van der Waals surface area contributed by atoms with E-state index < -0.39 is 36.2 Å². The van der Waals surface area contributed by atoms with Crippen molar-refractivity contribution < 1.29 is 29.0 Å². The maximum Gasteiger partial charge on any atom is 0.407 e. The fourth-order valence-electron chi connectivity index (χ4n) is 6.74. The number of carboxylic acid groups (broad SMARTS) is 1. The van der Waals surface area contributed by atoms with E-state index in [-0.39, 0.29) is 42.0 Å². The summed E-state index contributed by atoms with van der Waals surface area (Å²) < 4.78 is 6.12. The van der Waals surface area contributed by atoms with E-state index in [9.17, 15) is 24.3 Å². The second-order valence-corrected chi connectivity index (χ2v) is 12.6. The number of benzene rings is 1. The third-order valence-electron chi connectivity index (χ3n) is 9.38. The molecule has 2 heterocycles. The predicted octanol–water partition coefficient (Wildman–Crippen LogP) is 3.74. The molecular formula is C32H41ClN6O6. The third-order valence-corrected chi connectivity index (χ3v) is 9.58. The lowest BCUT2D eigenvalue weighted by molar-refractivity contribution is -0.143. The Bertz CT molecular complexity index is 1390. The molecule has 5 atom stereocenters. The zero-order valence-electron chi connectivity index (χ0n) is 25.7. The lowest BCUT2D eigenvalue weighted by Crippen LogP contribution is -2.58. The summed E-state index contributed by atoms with van der Waals surface area (Å²) in [7, 11) is 1.32. The number of rotatable bonds is 9. The van der Waals surface area contributed by atoms with Crippen LogP contribution in [0.2, 0.25) is 5.28 Å². The normalized spacial score (nSPS) is 22.9. The summed E-state index contributed by atoms with van der Waals surface area (Å²) in [6.45, 7) is 1.60. The third kappa shape index (κ3) is 7.66. The maximum atomic E-state index is 14.5. The lowest BCUT2D eigenvalue weighted by Gasteiger charge is -2.36. The number of aromatic nitrogens is 2. The van der Waals surface area contributed by atoms with Gasteiger partial charge >= 0.3 is 6.09 Å². The molecule has 45 heavy (non-hydrogen) atoms. The fourth-order valence-corrected chi connectivity index (χ4v) is 6.84. The predicted molar refractivity (Wildman–Crippen MR) is 166 cm³/mol. The van der Waals surface area contributed by atoms with Crippen LogP contribution >= 0.6 is 11.6 Å². The Labute approximate surface area is 267 Å². The number of aryl methyl sites for hydroxylation is 1. The molecule has 1 aromatic carbocycles. The van der Waals surface area contributed by atoms with E-state index in [2.05, 4.69) is 26.7 Å². The second kappa shape index (κ2) is 14.4. The molecular weight excluding hydrogens is 600 g/mol. The molecule has 4 amide bonds. The molecule has 242 valence electrons. The van der Waals surface area contributed by atoms with E-state index in [1.54, 1.807) is 0 Å². The summed E-state index contributed by atoms with van der Waals surface area (Å²) in [5, 5.41) is 15.6. The van der Waals surface area contributed by atoms with Crippen molar-refractivity contribution in [3.63, 3.8) is 0 Å². The number of ether oxygens (including phenoxy) is 1. The fraction of sp³-hybridized carbons (Fsp3) is 0.562. The van der Waals surface area contributed by atoms with Gasteiger partial charge in [0, 0.05) is 13.5 Å². The number of hydrogen-bond acceptors (Lipinski definition) is 7. The summed E-state index contributed by atoms with van der Waals surface area (Å²) in [4.78, 5) is 63.6. The number of amides is 4. The van der Waals surface area contributed by atoms with Gasteiger partial charge in [0.25, 0.3) is 0 Å². The van der Waals surface area contributed by atoms with Gasteiger partial charge in [0.1, 0.15) is 24.2 Å². The van der Waals surface area contributed by atoms with Gasteiger partial charge in [-0.2, -0.15) is 0 Å². The highest BCUT2D eigenvalue weighted by Gasteiger charge is 2.46. The minimum atomic E-state index is -1.25. The van der Waals surface area contributed by atoms with E-state index in [4.69, 9.17) is 16.3 Å². The van der Waals surface area contributed by atoms with Crippen molar-refractivity contribution in [2.75, 3.05) is 13.6 Å².